The summed E-state index contributed by atoms with van der Waals surface area (Å²) in [5.74, 6) is 2.07. The van der Waals surface area contributed by atoms with Crippen molar-refractivity contribution in [2.45, 2.75) is 99.0 Å². The van der Waals surface area contributed by atoms with Gasteiger partial charge >= 0.3 is 0 Å². The van der Waals surface area contributed by atoms with E-state index in [2.05, 4.69) is 100 Å². The van der Waals surface area contributed by atoms with E-state index in [0.29, 0.717) is 49.8 Å². The fourth-order valence-electron chi connectivity index (χ4n) is 3.59. The average molecular weight is 775 g/mol. The number of rotatable bonds is 5. The summed E-state index contributed by atoms with van der Waals surface area (Å²) in [6.45, 7) is 21.4. The topological polar surface area (TPSA) is 3.24 Å². The van der Waals surface area contributed by atoms with Crippen LogP contribution < -0.4 is 0 Å². The average Bonchev–Trinajstić information content (AvgIpc) is 2.99. The van der Waals surface area contributed by atoms with Gasteiger partial charge in [0.1, 0.15) is 0 Å². The molecule has 266 valence electrons. The summed E-state index contributed by atoms with van der Waals surface area (Å²) in [6, 6.07) is 28.0. The molecule has 0 amide bonds. The Morgan fingerprint density at radius 1 is 0.396 bits per heavy atom. The van der Waals surface area contributed by atoms with Crippen LogP contribution >= 0.6 is 69.6 Å². The largest absolute Gasteiger partial charge is 0.307 e. The van der Waals surface area contributed by atoms with Crippen LogP contribution in [0.15, 0.2) is 84.9 Å². The first-order valence-electron chi connectivity index (χ1n) is 16.3. The molecular weight excluding hydrogens is 719 g/mol. The molecule has 48 heavy (non-hydrogen) atoms. The molecule has 0 aromatic heterocycles. The van der Waals surface area contributed by atoms with Crippen LogP contribution in [0, 0.1) is 0 Å². The van der Waals surface area contributed by atoms with E-state index in [0.717, 1.165) is 10.0 Å². The normalized spacial score (nSPS) is 10.6. The Kier molecular flexibility index (Phi) is 24.0. The van der Waals surface area contributed by atoms with Gasteiger partial charge in [0.15, 0.2) is 0 Å². The first-order chi connectivity index (χ1) is 22.3. The summed E-state index contributed by atoms with van der Waals surface area (Å²) in [5, 5.41) is 4.38. The lowest BCUT2D eigenvalue weighted by Crippen LogP contribution is -2.20. The molecule has 0 aliphatic carbocycles. The second-order valence-electron chi connectivity index (χ2n) is 13.1. The van der Waals surface area contributed by atoms with Crippen molar-refractivity contribution in [2.75, 3.05) is 14.1 Å². The molecule has 0 saturated heterocycles. The highest BCUT2D eigenvalue weighted by Crippen LogP contribution is 2.26. The predicted molar refractivity (Wildman–Crippen MR) is 221 cm³/mol. The van der Waals surface area contributed by atoms with E-state index in [-0.39, 0.29) is 0 Å². The van der Waals surface area contributed by atoms with Gasteiger partial charge in [0.25, 0.3) is 0 Å². The van der Waals surface area contributed by atoms with Crippen LogP contribution in [0.1, 0.15) is 115 Å². The summed E-state index contributed by atoms with van der Waals surface area (Å²) in [4.78, 5) is 2.17. The quantitative estimate of drug-likeness (QED) is 0.195. The molecule has 4 rings (SSSR count). The van der Waals surface area contributed by atoms with Gasteiger partial charge in [-0.05, 0) is 122 Å². The van der Waals surface area contributed by atoms with E-state index < -0.39 is 0 Å². The summed E-state index contributed by atoms with van der Waals surface area (Å²) in [6.07, 6.45) is 0. The zero-order chi connectivity index (χ0) is 37.1. The molecule has 0 aliphatic heterocycles. The first kappa shape index (κ1) is 46.6. The van der Waals surface area contributed by atoms with Crippen molar-refractivity contribution in [3.8, 4) is 0 Å². The van der Waals surface area contributed by atoms with Crippen molar-refractivity contribution in [3.63, 3.8) is 0 Å². The Morgan fingerprint density at radius 3 is 1.21 bits per heavy atom. The molecule has 0 atom stereocenters. The van der Waals surface area contributed by atoms with Crippen molar-refractivity contribution >= 4 is 69.6 Å². The summed E-state index contributed by atoms with van der Waals surface area (Å²) >= 11 is 34.9. The fraction of sp³-hybridized carbons (Fsp3) is 0.415. The Hall–Kier alpha value is -1.42. The zero-order valence-corrected chi connectivity index (χ0v) is 35.2. The second kappa shape index (κ2) is 24.7. The minimum Gasteiger partial charge on any atom is -0.307 e. The van der Waals surface area contributed by atoms with Crippen molar-refractivity contribution < 1.29 is 0 Å². The highest BCUT2D eigenvalue weighted by molar-refractivity contribution is 6.42. The highest BCUT2D eigenvalue weighted by atomic mass is 35.5. The van der Waals surface area contributed by atoms with Crippen LogP contribution in [0.3, 0.4) is 0 Å². The van der Waals surface area contributed by atoms with Crippen LogP contribution in [0.25, 0.3) is 0 Å². The van der Waals surface area contributed by atoms with Gasteiger partial charge in [0.2, 0.25) is 0 Å². The number of hydrogen-bond donors (Lipinski definition) is 0. The standard InChI is InChI=1S/2C9H10Cl2.2C9H11Cl.C5H13N/c1-6(2)7-3-8(10)5-9(11)4-7;1-6(2)7-3-4-8(10)9(11)5-7;1-7(2)8-4-3-5-9(10)6-8;1-7(2)8-5-3-4-6-9(8)10;1-5(2)6(3)4/h2*3-6H,1-2H3;2*3-7H,1-2H3;5H,1-4H3. The van der Waals surface area contributed by atoms with Crippen LogP contribution in [-0.2, 0) is 0 Å². The van der Waals surface area contributed by atoms with Crippen LogP contribution in [-0.4, -0.2) is 25.0 Å². The predicted octanol–water partition coefficient (Wildman–Crippen LogP) is 16.1. The van der Waals surface area contributed by atoms with Gasteiger partial charge in [-0.2, -0.15) is 0 Å². The van der Waals surface area contributed by atoms with Gasteiger partial charge in [-0.1, -0.05) is 161 Å². The molecule has 7 heteroatoms. The summed E-state index contributed by atoms with van der Waals surface area (Å²) < 4.78 is 0. The molecule has 0 heterocycles. The van der Waals surface area contributed by atoms with Gasteiger partial charge < -0.3 is 4.90 Å². The van der Waals surface area contributed by atoms with Crippen LogP contribution in [0.2, 0.25) is 30.1 Å². The lowest BCUT2D eigenvalue weighted by molar-refractivity contribution is 0.335. The summed E-state index contributed by atoms with van der Waals surface area (Å²) in [5.41, 5.74) is 4.93. The molecule has 0 bridgehead atoms. The molecule has 0 saturated carbocycles. The highest BCUT2D eigenvalue weighted by Gasteiger charge is 2.03. The molecule has 0 N–H and O–H groups in total. The molecule has 0 aliphatic rings. The van der Waals surface area contributed by atoms with E-state index in [1.54, 1.807) is 6.07 Å². The number of nitrogens with zero attached hydrogens (tertiary/aromatic N) is 1. The maximum Gasteiger partial charge on any atom is 0.0595 e. The zero-order valence-electron chi connectivity index (χ0n) is 30.7. The number of hydrogen-bond acceptors (Lipinski definition) is 1. The smallest absolute Gasteiger partial charge is 0.0595 e. The van der Waals surface area contributed by atoms with Crippen molar-refractivity contribution in [1.82, 2.24) is 4.90 Å². The van der Waals surface area contributed by atoms with Gasteiger partial charge in [-0.3, -0.25) is 0 Å². The second-order valence-corrected chi connectivity index (χ2v) is 15.7. The minimum atomic E-state index is 0.478. The molecule has 0 fully saturated rings. The van der Waals surface area contributed by atoms with Crippen LogP contribution in [0.4, 0.5) is 0 Å². The Bertz CT molecular complexity index is 1440. The van der Waals surface area contributed by atoms with E-state index in [1.807, 2.05) is 66.7 Å². The van der Waals surface area contributed by atoms with E-state index in [9.17, 15) is 0 Å². The maximum atomic E-state index is 5.92. The lowest BCUT2D eigenvalue weighted by atomic mass is 10.0. The summed E-state index contributed by atoms with van der Waals surface area (Å²) in [7, 11) is 4.15. The van der Waals surface area contributed by atoms with E-state index in [1.165, 1.54) is 22.3 Å². The minimum absolute atomic E-state index is 0.478. The molecule has 4 aromatic rings. The van der Waals surface area contributed by atoms with Crippen molar-refractivity contribution in [1.29, 1.82) is 0 Å². The third-order valence-electron chi connectivity index (χ3n) is 7.24. The number of benzene rings is 4. The first-order valence-corrected chi connectivity index (χ1v) is 18.6. The molecule has 1 nitrogen and oxygen atoms in total. The van der Waals surface area contributed by atoms with Crippen molar-refractivity contribution in [2.24, 2.45) is 0 Å². The van der Waals surface area contributed by atoms with Crippen molar-refractivity contribution in [3.05, 3.63) is 137 Å². The third-order valence-corrected chi connectivity index (χ3v) is 8.99. The molecule has 0 unspecified atom stereocenters. The van der Waals surface area contributed by atoms with Crippen LogP contribution in [0.5, 0.6) is 0 Å². The van der Waals surface area contributed by atoms with Gasteiger partial charge in [0, 0.05) is 26.1 Å². The maximum absolute atomic E-state index is 5.92. The number of halogens is 6. The van der Waals surface area contributed by atoms with E-state index in [4.69, 9.17) is 69.6 Å². The molecular formula is C41H55Cl6N. The SMILES string of the molecule is CC(C)N(C)C.CC(C)c1cc(Cl)cc(Cl)c1.CC(C)c1ccc(Cl)c(Cl)c1.CC(C)c1cccc(Cl)c1.CC(C)c1ccccc1Cl. The Morgan fingerprint density at radius 2 is 0.854 bits per heavy atom. The van der Waals surface area contributed by atoms with E-state index >= 15 is 0 Å². The Balaban J connectivity index is 0.000000583. The lowest BCUT2D eigenvalue weighted by Gasteiger charge is -2.12. The molecule has 0 spiro atoms. The fourth-order valence-corrected chi connectivity index (χ4v) is 4.99. The van der Waals surface area contributed by atoms with Gasteiger partial charge in [-0.15, -0.1) is 0 Å². The van der Waals surface area contributed by atoms with Gasteiger partial charge in [-0.25, -0.2) is 0 Å². The molecule has 0 radical (unpaired) electrons. The monoisotopic (exact) mass is 771 g/mol. The third kappa shape index (κ3) is 20.3. The van der Waals surface area contributed by atoms with Gasteiger partial charge in [0.05, 0.1) is 10.0 Å². The molecule has 4 aromatic carbocycles. The Labute approximate surface area is 322 Å².